The maximum atomic E-state index is 11.8. The van der Waals surface area contributed by atoms with Gasteiger partial charge in [-0.15, -0.1) is 11.3 Å². The summed E-state index contributed by atoms with van der Waals surface area (Å²) in [6.07, 6.45) is 0. The lowest BCUT2D eigenvalue weighted by atomic mass is 10.4. The average molecular weight is 399 g/mol. The van der Waals surface area contributed by atoms with Gasteiger partial charge in [-0.1, -0.05) is 11.8 Å². The molecule has 1 aromatic heterocycles. The van der Waals surface area contributed by atoms with Crippen molar-refractivity contribution in [2.45, 2.75) is 6.92 Å². The zero-order chi connectivity index (χ0) is 19.1. The lowest BCUT2D eigenvalue weighted by molar-refractivity contribution is -0.147. The minimum atomic E-state index is -0.747. The second-order valence-corrected chi connectivity index (χ2v) is 7.42. The number of ether oxygens (including phenoxy) is 1. The maximum Gasteiger partial charge on any atom is 0.325 e. The number of thioether (sulfide) groups is 1. The van der Waals surface area contributed by atoms with Crippen molar-refractivity contribution >= 4 is 52.0 Å². The first-order valence-corrected chi connectivity index (χ1v) is 9.41. The van der Waals surface area contributed by atoms with Crippen LogP contribution in [0.5, 0.6) is 0 Å². The second kappa shape index (κ2) is 9.34. The van der Waals surface area contributed by atoms with Crippen LogP contribution in [0.2, 0.25) is 0 Å². The quantitative estimate of drug-likeness (QED) is 0.596. The predicted octanol–water partition coefficient (Wildman–Crippen LogP) is 0.141. The van der Waals surface area contributed by atoms with Gasteiger partial charge >= 0.3 is 5.97 Å². The van der Waals surface area contributed by atoms with Crippen molar-refractivity contribution < 1.29 is 28.7 Å². The highest BCUT2D eigenvalue weighted by atomic mass is 32.2. The summed E-state index contributed by atoms with van der Waals surface area (Å²) in [5.41, 5.74) is 0. The van der Waals surface area contributed by atoms with E-state index < -0.39 is 18.5 Å². The zero-order valence-corrected chi connectivity index (χ0v) is 15.5. The Morgan fingerprint density at radius 2 is 2.00 bits per heavy atom. The Morgan fingerprint density at radius 3 is 2.62 bits per heavy atom. The fourth-order valence-corrected chi connectivity index (χ4v) is 3.48. The van der Waals surface area contributed by atoms with E-state index in [2.05, 4.69) is 10.6 Å². The van der Waals surface area contributed by atoms with Crippen LogP contribution in [0.15, 0.2) is 12.1 Å². The number of esters is 1. The van der Waals surface area contributed by atoms with E-state index in [0.29, 0.717) is 4.88 Å². The Morgan fingerprint density at radius 1 is 1.23 bits per heavy atom. The molecule has 2 rings (SSSR count). The Balaban J connectivity index is 1.59. The highest BCUT2D eigenvalue weighted by Crippen LogP contribution is 2.17. The molecule has 0 bridgehead atoms. The van der Waals surface area contributed by atoms with Crippen molar-refractivity contribution in [3.8, 4) is 0 Å². The van der Waals surface area contributed by atoms with Crippen LogP contribution in [0.25, 0.3) is 0 Å². The fourth-order valence-electron chi connectivity index (χ4n) is 1.95. The summed E-state index contributed by atoms with van der Waals surface area (Å²) in [7, 11) is 0. The molecular weight excluding hydrogens is 382 g/mol. The molecule has 0 atom stereocenters. The van der Waals surface area contributed by atoms with E-state index in [4.69, 9.17) is 4.74 Å². The molecule has 1 saturated heterocycles. The number of carbonyl (C=O) groups excluding carboxylic acids is 5. The van der Waals surface area contributed by atoms with Gasteiger partial charge in [-0.05, 0) is 19.1 Å². The molecule has 26 heavy (non-hydrogen) atoms. The largest absolute Gasteiger partial charge is 0.454 e. The summed E-state index contributed by atoms with van der Waals surface area (Å²) in [6.45, 7) is 1.15. The van der Waals surface area contributed by atoms with Crippen LogP contribution < -0.4 is 10.6 Å². The molecule has 1 fully saturated rings. The fraction of sp³-hybridized carbons (Fsp3) is 0.400. The number of nitrogens with one attached hydrogen (secondary N) is 2. The third kappa shape index (κ3) is 5.85. The molecule has 0 saturated carbocycles. The van der Waals surface area contributed by atoms with Crippen LogP contribution in [0, 0.1) is 6.92 Å². The number of aryl methyl sites for hydroxylation is 1. The molecule has 4 amide bonds. The molecule has 2 N–H and O–H groups in total. The number of rotatable bonds is 8. The van der Waals surface area contributed by atoms with E-state index >= 15 is 0 Å². The molecule has 1 aliphatic heterocycles. The van der Waals surface area contributed by atoms with Gasteiger partial charge in [0.1, 0.15) is 6.54 Å². The molecule has 0 aromatic carbocycles. The molecule has 1 aromatic rings. The Bertz CT molecular complexity index is 717. The van der Waals surface area contributed by atoms with E-state index in [9.17, 15) is 24.0 Å². The van der Waals surface area contributed by atoms with Gasteiger partial charge in [0.05, 0.1) is 10.6 Å². The molecular formula is C15H17N3O6S2. The monoisotopic (exact) mass is 399 g/mol. The SMILES string of the molecule is Cc1ccc(C(=O)NCC(=O)OCC(=O)NCCN2C(=O)CSC2=O)s1. The van der Waals surface area contributed by atoms with E-state index in [1.165, 1.54) is 11.3 Å². The molecule has 140 valence electrons. The van der Waals surface area contributed by atoms with Crippen LogP contribution in [0.3, 0.4) is 0 Å². The minimum Gasteiger partial charge on any atom is -0.454 e. The topological polar surface area (TPSA) is 122 Å². The molecule has 2 heterocycles. The van der Waals surface area contributed by atoms with Gasteiger partial charge in [0.2, 0.25) is 5.91 Å². The number of imide groups is 1. The minimum absolute atomic E-state index is 0.0701. The summed E-state index contributed by atoms with van der Waals surface area (Å²) < 4.78 is 4.75. The molecule has 0 aliphatic carbocycles. The lowest BCUT2D eigenvalue weighted by Crippen LogP contribution is -2.39. The van der Waals surface area contributed by atoms with Crippen molar-refractivity contribution in [3.05, 3.63) is 21.9 Å². The highest BCUT2D eigenvalue weighted by Gasteiger charge is 2.29. The average Bonchev–Trinajstić information content (AvgIpc) is 3.18. The van der Waals surface area contributed by atoms with Crippen LogP contribution in [-0.4, -0.2) is 65.8 Å². The third-order valence-electron chi connectivity index (χ3n) is 3.22. The number of amides is 4. The van der Waals surface area contributed by atoms with Crippen molar-refractivity contribution in [2.75, 3.05) is 32.0 Å². The van der Waals surface area contributed by atoms with Gasteiger partial charge < -0.3 is 15.4 Å². The van der Waals surface area contributed by atoms with Crippen LogP contribution >= 0.6 is 23.1 Å². The highest BCUT2D eigenvalue weighted by molar-refractivity contribution is 8.14. The number of hydrogen-bond acceptors (Lipinski definition) is 8. The molecule has 11 heteroatoms. The van der Waals surface area contributed by atoms with Gasteiger partial charge in [-0.3, -0.25) is 28.9 Å². The van der Waals surface area contributed by atoms with E-state index in [0.717, 1.165) is 21.5 Å². The van der Waals surface area contributed by atoms with Gasteiger partial charge in [0, 0.05) is 18.0 Å². The molecule has 9 nitrogen and oxygen atoms in total. The first-order valence-electron chi connectivity index (χ1n) is 7.61. The standard InChI is InChI=1S/C15H17N3O6S2/c1-9-2-3-10(26-9)14(22)17-6-13(21)24-7-11(19)16-4-5-18-12(20)8-25-15(18)23/h2-3H,4-8H2,1H3,(H,16,19)(H,17,22). The van der Waals surface area contributed by atoms with Gasteiger partial charge in [0.25, 0.3) is 17.1 Å². The maximum absolute atomic E-state index is 11.8. The van der Waals surface area contributed by atoms with Crippen LogP contribution in [0.4, 0.5) is 4.79 Å². The number of hydrogen-bond donors (Lipinski definition) is 2. The first-order chi connectivity index (χ1) is 12.4. The van der Waals surface area contributed by atoms with Crippen molar-refractivity contribution in [3.63, 3.8) is 0 Å². The van der Waals surface area contributed by atoms with E-state index in [1.807, 2.05) is 6.92 Å². The van der Waals surface area contributed by atoms with E-state index in [1.54, 1.807) is 12.1 Å². The van der Waals surface area contributed by atoms with E-state index in [-0.39, 0.29) is 42.4 Å². The Labute approximate surface area is 157 Å². The number of nitrogens with zero attached hydrogens (tertiary/aromatic N) is 1. The van der Waals surface area contributed by atoms with Crippen molar-refractivity contribution in [1.29, 1.82) is 0 Å². The molecule has 0 spiro atoms. The summed E-state index contributed by atoms with van der Waals surface area (Å²) in [5, 5.41) is 4.51. The van der Waals surface area contributed by atoms with Crippen LogP contribution in [-0.2, 0) is 19.1 Å². The van der Waals surface area contributed by atoms with Gasteiger partial charge in [0.15, 0.2) is 6.61 Å². The van der Waals surface area contributed by atoms with Gasteiger partial charge in [-0.2, -0.15) is 0 Å². The second-order valence-electron chi connectivity index (χ2n) is 5.20. The molecule has 0 radical (unpaired) electrons. The number of thiophene rings is 1. The summed E-state index contributed by atoms with van der Waals surface area (Å²) in [5.74, 6) is -1.88. The zero-order valence-electron chi connectivity index (χ0n) is 13.9. The van der Waals surface area contributed by atoms with Gasteiger partial charge in [-0.25, -0.2) is 0 Å². The lowest BCUT2D eigenvalue weighted by Gasteiger charge is -2.13. The summed E-state index contributed by atoms with van der Waals surface area (Å²) in [6, 6.07) is 3.45. The third-order valence-corrected chi connectivity index (χ3v) is 5.08. The first kappa shape index (κ1) is 19.9. The van der Waals surface area contributed by atoms with Crippen molar-refractivity contribution in [2.24, 2.45) is 0 Å². The summed E-state index contributed by atoms with van der Waals surface area (Å²) in [4.78, 5) is 60.1. The smallest absolute Gasteiger partial charge is 0.325 e. The van der Waals surface area contributed by atoms with Crippen molar-refractivity contribution in [1.82, 2.24) is 15.5 Å². The Hall–Kier alpha value is -2.40. The molecule has 0 unspecified atom stereocenters. The normalized spacial score (nSPS) is 13.7. The Kier molecular flexibility index (Phi) is 7.16. The van der Waals surface area contributed by atoms with Crippen LogP contribution in [0.1, 0.15) is 14.5 Å². The number of carbonyl (C=O) groups is 5. The predicted molar refractivity (Wildman–Crippen MR) is 94.9 cm³/mol. The molecule has 1 aliphatic rings. The summed E-state index contributed by atoms with van der Waals surface area (Å²) >= 11 is 2.22.